The summed E-state index contributed by atoms with van der Waals surface area (Å²) in [6.07, 6.45) is 21.3. The molecule has 3 nitrogen and oxygen atoms in total. The van der Waals surface area contributed by atoms with Crippen LogP contribution in [0.4, 0.5) is 0 Å². The van der Waals surface area contributed by atoms with Crippen molar-refractivity contribution in [2.75, 3.05) is 6.61 Å². The van der Waals surface area contributed by atoms with Crippen molar-refractivity contribution in [1.82, 2.24) is 0 Å². The van der Waals surface area contributed by atoms with Crippen molar-refractivity contribution >= 4 is 27.0 Å². The molecule has 1 radical (unpaired) electrons. The van der Waals surface area contributed by atoms with Gasteiger partial charge in [-0.3, -0.25) is 9.59 Å². The molecule has 32 heavy (non-hydrogen) atoms. The lowest BCUT2D eigenvalue weighted by Crippen LogP contribution is -2.09. The molecule has 0 saturated heterocycles. The smallest absolute Gasteiger partial charge is 0.313 e. The van der Waals surface area contributed by atoms with E-state index in [2.05, 4.69) is 34.6 Å². The van der Waals surface area contributed by atoms with Crippen molar-refractivity contribution in [1.29, 1.82) is 0 Å². The Kier molecular flexibility index (Phi) is 28.5. The second-order valence-corrected chi connectivity index (χ2v) is 13.1. The standard InChI is InChI=1S/C22H42O3.2C3H7.Al/c1-3-4-5-6-7-8-9-10-11-12-13-14-15-16-17-18-19-25-22(24)20-21(2)23;2*1-3-2;/h3-20H2,1-2H3;2*3H,1-2H3;. The van der Waals surface area contributed by atoms with Gasteiger partial charge in [0, 0.05) is 0 Å². The van der Waals surface area contributed by atoms with Crippen LogP contribution in [0.5, 0.6) is 0 Å². The van der Waals surface area contributed by atoms with E-state index in [-0.39, 0.29) is 18.2 Å². The zero-order chi connectivity index (χ0) is 24.5. The fourth-order valence-corrected chi connectivity index (χ4v) is 5.40. The Morgan fingerprint density at radius 3 is 1.25 bits per heavy atom. The molecule has 0 spiro atoms. The van der Waals surface area contributed by atoms with Gasteiger partial charge in [-0.2, -0.15) is 0 Å². The number of ether oxygens (including phenoxy) is 1. The summed E-state index contributed by atoms with van der Waals surface area (Å²) < 4.78 is 6.93. The van der Waals surface area contributed by atoms with Crippen LogP contribution in [0.3, 0.4) is 0 Å². The molecule has 0 unspecified atom stereocenters. The first-order valence-corrected chi connectivity index (χ1v) is 15.1. The molecule has 0 N–H and O–H groups in total. The normalized spacial score (nSPS) is 10.8. The fraction of sp³-hybridized carbons (Fsp3) is 0.929. The molecule has 0 aliphatic heterocycles. The minimum Gasteiger partial charge on any atom is -0.465 e. The Balaban J connectivity index is 0. The monoisotopic (exact) mass is 467 g/mol. The lowest BCUT2D eigenvalue weighted by Gasteiger charge is -2.04. The molecule has 0 fully saturated rings. The van der Waals surface area contributed by atoms with Crippen LogP contribution in [0, 0.1) is 0 Å². The molecule has 0 heterocycles. The molecule has 0 saturated carbocycles. The summed E-state index contributed by atoms with van der Waals surface area (Å²) in [6.45, 7) is 13.4. The van der Waals surface area contributed by atoms with E-state index < -0.39 is 0 Å². The summed E-state index contributed by atoms with van der Waals surface area (Å²) in [7, 11) is 0. The zero-order valence-electron chi connectivity index (χ0n) is 22.7. The summed E-state index contributed by atoms with van der Waals surface area (Å²) in [5.41, 5.74) is 0. The van der Waals surface area contributed by atoms with Gasteiger partial charge in [-0.05, 0) is 13.3 Å². The van der Waals surface area contributed by atoms with Gasteiger partial charge in [0.05, 0.1) is 6.61 Å². The molecule has 0 aromatic rings. The van der Waals surface area contributed by atoms with Crippen LogP contribution >= 0.6 is 0 Å². The van der Waals surface area contributed by atoms with Gasteiger partial charge in [0.2, 0.25) is 15.2 Å². The number of carbonyl (C=O) groups is 2. The average molecular weight is 468 g/mol. The topological polar surface area (TPSA) is 43.4 Å². The van der Waals surface area contributed by atoms with Crippen LogP contribution in [-0.4, -0.2) is 33.6 Å². The highest BCUT2D eigenvalue weighted by atomic mass is 27.1. The van der Waals surface area contributed by atoms with E-state index >= 15 is 0 Å². The van der Waals surface area contributed by atoms with E-state index in [4.69, 9.17) is 4.74 Å². The molecule has 0 aromatic carbocycles. The highest BCUT2D eigenvalue weighted by Gasteiger charge is 2.05. The van der Waals surface area contributed by atoms with E-state index in [0.29, 0.717) is 21.8 Å². The number of unbranched alkanes of at least 4 members (excludes halogenated alkanes) is 15. The second kappa shape index (κ2) is 26.9. The Morgan fingerprint density at radius 2 is 0.969 bits per heavy atom. The summed E-state index contributed by atoms with van der Waals surface area (Å²) in [5, 5.41) is 0. The molecule has 0 aromatic heterocycles. The SMILES string of the molecule is CCCCCCCCCCCCCCCCCCOC(=O)CC(C)=O.C[CH](C)[Al][CH](C)C. The summed E-state index contributed by atoms with van der Waals surface area (Å²) >= 11 is 0.713. The van der Waals surface area contributed by atoms with Gasteiger partial charge in [0.1, 0.15) is 12.2 Å². The van der Waals surface area contributed by atoms with Crippen molar-refractivity contribution in [3.63, 3.8) is 0 Å². The molecule has 0 aliphatic rings. The van der Waals surface area contributed by atoms with Crippen molar-refractivity contribution in [3.05, 3.63) is 0 Å². The number of carbonyl (C=O) groups excluding carboxylic acids is 2. The third-order valence-corrected chi connectivity index (χ3v) is 6.96. The van der Waals surface area contributed by atoms with Crippen LogP contribution in [0.1, 0.15) is 151 Å². The first-order valence-electron chi connectivity index (χ1n) is 13.8. The third kappa shape index (κ3) is 34.3. The lowest BCUT2D eigenvalue weighted by molar-refractivity contribution is -0.145. The molecular formula is C28H56AlO3. The van der Waals surface area contributed by atoms with Crippen LogP contribution in [0.15, 0.2) is 0 Å². The number of esters is 1. The molecule has 0 amide bonds. The second-order valence-electron chi connectivity index (χ2n) is 10.1. The highest BCUT2D eigenvalue weighted by molar-refractivity contribution is 6.38. The fourth-order valence-electron chi connectivity index (χ4n) is 3.86. The van der Waals surface area contributed by atoms with E-state index in [1.165, 1.54) is 96.8 Å². The van der Waals surface area contributed by atoms with E-state index in [0.717, 1.165) is 22.4 Å². The molecular weight excluding hydrogens is 411 g/mol. The van der Waals surface area contributed by atoms with E-state index in [1.807, 2.05) is 0 Å². The Hall–Kier alpha value is -0.328. The van der Waals surface area contributed by atoms with Gasteiger partial charge >= 0.3 is 5.97 Å². The summed E-state index contributed by atoms with van der Waals surface area (Å²) in [4.78, 5) is 21.9. The van der Waals surface area contributed by atoms with Gasteiger partial charge in [-0.1, -0.05) is 140 Å². The van der Waals surface area contributed by atoms with Crippen molar-refractivity contribution < 1.29 is 14.3 Å². The molecule has 0 aliphatic carbocycles. The average Bonchev–Trinajstić information content (AvgIpc) is 2.69. The van der Waals surface area contributed by atoms with Crippen molar-refractivity contribution in [2.45, 2.75) is 160 Å². The number of hydrogen-bond donors (Lipinski definition) is 0. The van der Waals surface area contributed by atoms with Crippen LogP contribution < -0.4 is 0 Å². The van der Waals surface area contributed by atoms with Crippen LogP contribution in [0.25, 0.3) is 0 Å². The van der Waals surface area contributed by atoms with E-state index in [1.54, 1.807) is 0 Å². The predicted octanol–water partition coefficient (Wildman–Crippen LogP) is 9.12. The Morgan fingerprint density at radius 1 is 0.625 bits per heavy atom. The first kappa shape index (κ1) is 33.8. The molecule has 0 rings (SSSR count). The maximum absolute atomic E-state index is 11.2. The zero-order valence-corrected chi connectivity index (χ0v) is 23.8. The maximum Gasteiger partial charge on any atom is 0.313 e. The number of Topliss-reactive ketones (excluding diaryl/α,β-unsaturated/α-hetero) is 1. The van der Waals surface area contributed by atoms with Gasteiger partial charge in [-0.15, -0.1) is 0 Å². The predicted molar refractivity (Wildman–Crippen MR) is 142 cm³/mol. The maximum atomic E-state index is 11.2. The molecule has 189 valence electrons. The van der Waals surface area contributed by atoms with Crippen molar-refractivity contribution in [2.24, 2.45) is 0 Å². The molecule has 0 atom stereocenters. The first-order chi connectivity index (χ1) is 15.3. The minimum atomic E-state index is -0.381. The van der Waals surface area contributed by atoms with Crippen LogP contribution in [0.2, 0.25) is 9.56 Å². The molecule has 0 bridgehead atoms. The quantitative estimate of drug-likeness (QED) is 0.0731. The third-order valence-electron chi connectivity index (χ3n) is 5.42. The van der Waals surface area contributed by atoms with Gasteiger partial charge in [0.25, 0.3) is 0 Å². The number of rotatable bonds is 21. The minimum absolute atomic E-state index is 0.0845. The van der Waals surface area contributed by atoms with Crippen LogP contribution in [-0.2, 0) is 14.3 Å². The van der Waals surface area contributed by atoms with Gasteiger partial charge in [0.15, 0.2) is 0 Å². The highest BCUT2D eigenvalue weighted by Crippen LogP contribution is 2.13. The lowest BCUT2D eigenvalue weighted by atomic mass is 10.0. The summed E-state index contributed by atoms with van der Waals surface area (Å²) in [5.74, 6) is -0.509. The van der Waals surface area contributed by atoms with E-state index in [9.17, 15) is 9.59 Å². The van der Waals surface area contributed by atoms with Crippen molar-refractivity contribution in [3.8, 4) is 0 Å². The number of ketones is 1. The van der Waals surface area contributed by atoms with Gasteiger partial charge < -0.3 is 4.74 Å². The largest absolute Gasteiger partial charge is 0.465 e. The Labute approximate surface area is 207 Å². The number of hydrogen-bond acceptors (Lipinski definition) is 3. The summed E-state index contributed by atoms with van der Waals surface area (Å²) in [6, 6.07) is 0. The van der Waals surface area contributed by atoms with Gasteiger partial charge in [-0.25, -0.2) is 0 Å². The molecule has 4 heteroatoms. The Bertz CT molecular complexity index is 401.